The summed E-state index contributed by atoms with van der Waals surface area (Å²) in [4.78, 5) is 23.2. The van der Waals surface area contributed by atoms with E-state index in [2.05, 4.69) is 10.0 Å². The number of carbonyl (C=O) groups excluding carboxylic acids is 1. The molecule has 0 spiro atoms. The van der Waals surface area contributed by atoms with Gasteiger partial charge in [0.15, 0.2) is 0 Å². The Hall–Kier alpha value is -2.13. The molecule has 1 fully saturated rings. The minimum absolute atomic E-state index is 0.0800. The molecule has 1 aromatic carbocycles. The second kappa shape index (κ2) is 7.40. The van der Waals surface area contributed by atoms with Crippen LogP contribution in [0.15, 0.2) is 23.1 Å². The SMILES string of the molecule is COc1ccc(C(=O)NC(C)C(C)C(=O)O)cc1S(=O)(=O)NC1CC1. The van der Waals surface area contributed by atoms with Crippen LogP contribution >= 0.6 is 0 Å². The van der Waals surface area contributed by atoms with Crippen molar-refractivity contribution in [2.24, 2.45) is 5.92 Å². The Morgan fingerprint density at radius 2 is 1.92 bits per heavy atom. The van der Waals surface area contributed by atoms with Gasteiger partial charge >= 0.3 is 5.97 Å². The first kappa shape index (κ1) is 19.2. The number of carboxylic acid groups (broad SMARTS) is 1. The summed E-state index contributed by atoms with van der Waals surface area (Å²) < 4.78 is 32.5. The van der Waals surface area contributed by atoms with Crippen LogP contribution in [0.4, 0.5) is 0 Å². The number of carboxylic acids is 1. The molecule has 9 heteroatoms. The Kier molecular flexibility index (Phi) is 5.69. The summed E-state index contributed by atoms with van der Waals surface area (Å²) in [5, 5.41) is 11.6. The summed E-state index contributed by atoms with van der Waals surface area (Å²) in [7, 11) is -2.45. The van der Waals surface area contributed by atoms with Crippen LogP contribution in [0.5, 0.6) is 5.75 Å². The van der Waals surface area contributed by atoms with Gasteiger partial charge in [-0.25, -0.2) is 13.1 Å². The van der Waals surface area contributed by atoms with Gasteiger partial charge in [-0.1, -0.05) is 0 Å². The highest BCUT2D eigenvalue weighted by atomic mass is 32.2. The van der Waals surface area contributed by atoms with Gasteiger partial charge in [-0.15, -0.1) is 0 Å². The van der Waals surface area contributed by atoms with Gasteiger partial charge in [0, 0.05) is 17.6 Å². The molecule has 0 radical (unpaired) electrons. The summed E-state index contributed by atoms with van der Waals surface area (Å²) in [6, 6.07) is 3.38. The van der Waals surface area contributed by atoms with Crippen LogP contribution in [0.2, 0.25) is 0 Å². The summed E-state index contributed by atoms with van der Waals surface area (Å²) in [5.41, 5.74) is 0.112. The number of amides is 1. The molecule has 8 nitrogen and oxygen atoms in total. The van der Waals surface area contributed by atoms with E-state index in [-0.39, 0.29) is 22.3 Å². The third kappa shape index (κ3) is 4.70. The van der Waals surface area contributed by atoms with Crippen molar-refractivity contribution in [3.63, 3.8) is 0 Å². The molecule has 0 bridgehead atoms. The highest BCUT2D eigenvalue weighted by Crippen LogP contribution is 2.28. The Bertz CT molecular complexity index is 773. The molecule has 25 heavy (non-hydrogen) atoms. The van der Waals surface area contributed by atoms with Crippen molar-refractivity contribution in [2.45, 2.75) is 43.7 Å². The monoisotopic (exact) mass is 370 g/mol. The van der Waals surface area contributed by atoms with Gasteiger partial charge in [0.05, 0.1) is 13.0 Å². The molecule has 1 aliphatic rings. The maximum atomic E-state index is 12.5. The molecule has 0 aliphatic heterocycles. The number of aliphatic carboxylic acids is 1. The summed E-state index contributed by atoms with van der Waals surface area (Å²) in [6.07, 6.45) is 1.57. The van der Waals surface area contributed by atoms with E-state index in [9.17, 15) is 18.0 Å². The highest BCUT2D eigenvalue weighted by Gasteiger charge is 2.30. The van der Waals surface area contributed by atoms with Crippen LogP contribution in [0, 0.1) is 5.92 Å². The van der Waals surface area contributed by atoms with E-state index in [0.29, 0.717) is 0 Å². The first-order valence-electron chi connectivity index (χ1n) is 7.89. The zero-order valence-corrected chi connectivity index (χ0v) is 15.1. The fourth-order valence-electron chi connectivity index (χ4n) is 2.14. The fourth-order valence-corrected chi connectivity index (χ4v) is 3.64. The Labute approximate surface area is 146 Å². The molecule has 2 rings (SSSR count). The topological polar surface area (TPSA) is 122 Å². The van der Waals surface area contributed by atoms with Gasteiger partial charge in [0.2, 0.25) is 10.0 Å². The lowest BCUT2D eigenvalue weighted by Gasteiger charge is -2.18. The van der Waals surface area contributed by atoms with Gasteiger partial charge in [0.1, 0.15) is 10.6 Å². The third-order valence-electron chi connectivity index (χ3n) is 4.11. The number of rotatable bonds is 8. The predicted molar refractivity (Wildman–Crippen MR) is 90.1 cm³/mol. The smallest absolute Gasteiger partial charge is 0.308 e. The molecule has 3 N–H and O–H groups in total. The average Bonchev–Trinajstić information content (AvgIpc) is 3.36. The largest absolute Gasteiger partial charge is 0.495 e. The maximum Gasteiger partial charge on any atom is 0.308 e. The first-order chi connectivity index (χ1) is 11.7. The van der Waals surface area contributed by atoms with Crippen LogP contribution in [0.25, 0.3) is 0 Å². The standard InChI is InChI=1S/C16H22N2O6S/c1-9(16(20)21)10(2)17-15(19)11-4-7-13(24-3)14(8-11)25(22,23)18-12-5-6-12/h4,7-10,12,18H,5-6H2,1-3H3,(H,17,19)(H,20,21). The second-order valence-electron chi connectivity index (χ2n) is 6.15. The number of carbonyl (C=O) groups is 2. The van der Waals surface area contributed by atoms with E-state index in [1.165, 1.54) is 32.2 Å². The molecular formula is C16H22N2O6S. The zero-order valence-electron chi connectivity index (χ0n) is 14.3. The second-order valence-corrected chi connectivity index (χ2v) is 7.83. The Morgan fingerprint density at radius 3 is 2.44 bits per heavy atom. The average molecular weight is 370 g/mol. The molecule has 0 saturated heterocycles. The number of benzene rings is 1. The van der Waals surface area contributed by atoms with Gasteiger partial charge in [-0.3, -0.25) is 9.59 Å². The third-order valence-corrected chi connectivity index (χ3v) is 5.65. The first-order valence-corrected chi connectivity index (χ1v) is 9.38. The lowest BCUT2D eigenvalue weighted by atomic mass is 10.0. The lowest BCUT2D eigenvalue weighted by molar-refractivity contribution is -0.141. The normalized spacial score (nSPS) is 16.8. The van der Waals surface area contributed by atoms with E-state index in [4.69, 9.17) is 9.84 Å². The molecule has 2 unspecified atom stereocenters. The number of hydrogen-bond acceptors (Lipinski definition) is 5. The molecule has 1 aliphatic carbocycles. The van der Waals surface area contributed by atoms with E-state index in [0.717, 1.165) is 12.8 Å². The molecule has 1 aromatic rings. The van der Waals surface area contributed by atoms with Crippen molar-refractivity contribution in [1.82, 2.24) is 10.0 Å². The number of sulfonamides is 1. The Balaban J connectivity index is 2.25. The minimum Gasteiger partial charge on any atom is -0.495 e. The molecule has 138 valence electrons. The molecule has 2 atom stereocenters. The molecule has 1 amide bonds. The van der Waals surface area contributed by atoms with Crippen molar-refractivity contribution in [1.29, 1.82) is 0 Å². The summed E-state index contributed by atoms with van der Waals surface area (Å²) >= 11 is 0. The Morgan fingerprint density at radius 1 is 1.28 bits per heavy atom. The van der Waals surface area contributed by atoms with E-state index in [1.54, 1.807) is 6.92 Å². The maximum absolute atomic E-state index is 12.5. The number of methoxy groups -OCH3 is 1. The zero-order chi connectivity index (χ0) is 18.8. The fraction of sp³-hybridized carbons (Fsp3) is 0.500. The number of nitrogens with one attached hydrogen (secondary N) is 2. The van der Waals surface area contributed by atoms with E-state index < -0.39 is 33.9 Å². The van der Waals surface area contributed by atoms with Crippen molar-refractivity contribution >= 4 is 21.9 Å². The lowest BCUT2D eigenvalue weighted by Crippen LogP contribution is -2.40. The highest BCUT2D eigenvalue weighted by molar-refractivity contribution is 7.89. The van der Waals surface area contributed by atoms with E-state index in [1.807, 2.05) is 0 Å². The van der Waals surface area contributed by atoms with Crippen LogP contribution in [0.3, 0.4) is 0 Å². The quantitative estimate of drug-likeness (QED) is 0.627. The van der Waals surface area contributed by atoms with Gasteiger partial charge < -0.3 is 15.2 Å². The van der Waals surface area contributed by atoms with Crippen molar-refractivity contribution < 1.29 is 27.9 Å². The van der Waals surface area contributed by atoms with Crippen molar-refractivity contribution in [2.75, 3.05) is 7.11 Å². The molecule has 0 heterocycles. The summed E-state index contributed by atoms with van der Waals surface area (Å²) in [6.45, 7) is 3.06. The van der Waals surface area contributed by atoms with Gasteiger partial charge in [0.25, 0.3) is 5.91 Å². The number of hydrogen-bond donors (Lipinski definition) is 3. The predicted octanol–water partition coefficient (Wildman–Crippen LogP) is 0.975. The molecule has 0 aromatic heterocycles. The van der Waals surface area contributed by atoms with Crippen LogP contribution < -0.4 is 14.8 Å². The summed E-state index contributed by atoms with van der Waals surface area (Å²) in [5.74, 6) is -2.22. The van der Waals surface area contributed by atoms with Crippen LogP contribution in [-0.4, -0.2) is 44.6 Å². The molecule has 1 saturated carbocycles. The van der Waals surface area contributed by atoms with Gasteiger partial charge in [-0.05, 0) is 44.9 Å². The van der Waals surface area contributed by atoms with Gasteiger partial charge in [-0.2, -0.15) is 0 Å². The van der Waals surface area contributed by atoms with Crippen LogP contribution in [-0.2, 0) is 14.8 Å². The van der Waals surface area contributed by atoms with Crippen molar-refractivity contribution in [3.05, 3.63) is 23.8 Å². The van der Waals surface area contributed by atoms with Crippen molar-refractivity contribution in [3.8, 4) is 5.75 Å². The van der Waals surface area contributed by atoms with Crippen LogP contribution in [0.1, 0.15) is 37.0 Å². The minimum atomic E-state index is -3.80. The van der Waals surface area contributed by atoms with E-state index >= 15 is 0 Å². The number of ether oxygens (including phenoxy) is 1. The molecular weight excluding hydrogens is 348 g/mol.